The number of guanidine groups is 1. The molecule has 0 bridgehead atoms. The average Bonchev–Trinajstić information content (AvgIpc) is 2.83. The van der Waals surface area contributed by atoms with E-state index in [4.69, 9.17) is 10.7 Å². The van der Waals surface area contributed by atoms with Gasteiger partial charge >= 0.3 is 0 Å². The van der Waals surface area contributed by atoms with Gasteiger partial charge in [0.1, 0.15) is 0 Å². The summed E-state index contributed by atoms with van der Waals surface area (Å²) in [5.74, 6) is 0.824. The Morgan fingerprint density at radius 3 is 2.10 bits per heavy atom. The van der Waals surface area contributed by atoms with Crippen LogP contribution in [0.1, 0.15) is 72.6 Å². The molecule has 3 nitrogen and oxygen atoms in total. The van der Waals surface area contributed by atoms with E-state index in [0.717, 1.165) is 12.5 Å². The van der Waals surface area contributed by atoms with Gasteiger partial charge in [-0.15, -0.1) is 0 Å². The summed E-state index contributed by atoms with van der Waals surface area (Å²) in [6.45, 7) is 10.6. The van der Waals surface area contributed by atoms with Gasteiger partial charge in [-0.25, -0.2) is 0 Å². The summed E-state index contributed by atoms with van der Waals surface area (Å²) in [4.78, 5) is 7.25. The van der Waals surface area contributed by atoms with Crippen molar-refractivity contribution in [2.24, 2.45) is 21.6 Å². The van der Waals surface area contributed by atoms with Crippen LogP contribution in [0.4, 0.5) is 0 Å². The molecule has 3 heteroatoms. The molecular formula is C17H31N3. The monoisotopic (exact) mass is 277 g/mol. The van der Waals surface area contributed by atoms with Gasteiger partial charge < -0.3 is 10.6 Å². The molecule has 2 N–H and O–H groups in total. The van der Waals surface area contributed by atoms with Gasteiger partial charge in [0.15, 0.2) is 5.96 Å². The number of hydrogen-bond donors (Lipinski definition) is 1. The van der Waals surface area contributed by atoms with E-state index in [2.05, 4.69) is 32.6 Å². The van der Waals surface area contributed by atoms with E-state index >= 15 is 0 Å². The first-order valence-corrected chi connectivity index (χ1v) is 8.33. The molecule has 0 amide bonds. The zero-order valence-electron chi connectivity index (χ0n) is 13.7. The zero-order chi connectivity index (χ0) is 14.6. The fourth-order valence-corrected chi connectivity index (χ4v) is 5.91. The number of aliphatic imine (C=N–C) groups is 1. The molecule has 2 aliphatic carbocycles. The van der Waals surface area contributed by atoms with Crippen LogP contribution < -0.4 is 5.73 Å². The van der Waals surface area contributed by atoms with Crippen molar-refractivity contribution in [2.45, 2.75) is 84.2 Å². The zero-order valence-corrected chi connectivity index (χ0v) is 13.7. The van der Waals surface area contributed by atoms with Crippen LogP contribution in [0.15, 0.2) is 4.99 Å². The van der Waals surface area contributed by atoms with E-state index in [1.54, 1.807) is 0 Å². The van der Waals surface area contributed by atoms with Crippen molar-refractivity contribution >= 4 is 5.96 Å². The first-order chi connectivity index (χ1) is 9.23. The Balaban J connectivity index is 1.93. The fraction of sp³-hybridized carbons (Fsp3) is 0.941. The first-order valence-electron chi connectivity index (χ1n) is 8.33. The molecule has 3 aliphatic rings. The number of rotatable bonds is 1. The van der Waals surface area contributed by atoms with Crippen molar-refractivity contribution in [2.75, 3.05) is 6.54 Å². The lowest BCUT2D eigenvalue weighted by Crippen LogP contribution is -2.61. The van der Waals surface area contributed by atoms with Crippen LogP contribution >= 0.6 is 0 Å². The molecule has 0 saturated heterocycles. The summed E-state index contributed by atoms with van der Waals surface area (Å²) in [6, 6.07) is 0.644. The Kier molecular flexibility index (Phi) is 3.11. The summed E-state index contributed by atoms with van der Waals surface area (Å²) >= 11 is 0. The number of nitrogens with two attached hydrogens (primary N) is 1. The average molecular weight is 277 g/mol. The molecule has 1 spiro atoms. The van der Waals surface area contributed by atoms with Gasteiger partial charge in [0.05, 0.1) is 12.1 Å². The van der Waals surface area contributed by atoms with Crippen molar-refractivity contribution in [3.63, 3.8) is 0 Å². The molecule has 1 aliphatic heterocycles. The second kappa shape index (κ2) is 4.38. The SMILES string of the molecule is CC1(C)CC(C)(C)CC2(CN=C(N)N2C2CCCC2)C1. The van der Waals surface area contributed by atoms with Gasteiger partial charge in [0.25, 0.3) is 0 Å². The Bertz CT molecular complexity index is 400. The molecule has 0 aromatic rings. The summed E-state index contributed by atoms with van der Waals surface area (Å²) < 4.78 is 0. The smallest absolute Gasteiger partial charge is 0.192 e. The normalized spacial score (nSPS) is 31.8. The Morgan fingerprint density at radius 2 is 1.55 bits per heavy atom. The highest BCUT2D eigenvalue weighted by atomic mass is 15.4. The van der Waals surface area contributed by atoms with E-state index in [1.165, 1.54) is 44.9 Å². The second-order valence-electron chi connectivity index (χ2n) is 9.07. The standard InChI is InChI=1S/C17H31N3/c1-15(2)9-16(3,4)11-17(10-15)12-19-14(18)20(17)13-7-5-6-8-13/h13H,5-12H2,1-4H3,(H2,18,19). The van der Waals surface area contributed by atoms with Crippen LogP contribution in [-0.4, -0.2) is 29.0 Å². The topological polar surface area (TPSA) is 41.6 Å². The fourth-order valence-electron chi connectivity index (χ4n) is 5.91. The van der Waals surface area contributed by atoms with Gasteiger partial charge in [-0.05, 0) is 42.9 Å². The Labute approximate surface area is 124 Å². The molecular weight excluding hydrogens is 246 g/mol. The summed E-state index contributed by atoms with van der Waals surface area (Å²) in [5, 5.41) is 0. The minimum atomic E-state index is 0.199. The van der Waals surface area contributed by atoms with Crippen LogP contribution in [0.3, 0.4) is 0 Å². The van der Waals surface area contributed by atoms with E-state index < -0.39 is 0 Å². The predicted molar refractivity (Wildman–Crippen MR) is 84.7 cm³/mol. The Hall–Kier alpha value is -0.730. The van der Waals surface area contributed by atoms with Gasteiger partial charge in [0, 0.05) is 6.04 Å². The van der Waals surface area contributed by atoms with E-state index in [-0.39, 0.29) is 5.54 Å². The van der Waals surface area contributed by atoms with Crippen LogP contribution in [-0.2, 0) is 0 Å². The van der Waals surface area contributed by atoms with Crippen LogP contribution in [0.25, 0.3) is 0 Å². The summed E-state index contributed by atoms with van der Waals surface area (Å²) in [5.41, 5.74) is 7.29. The Morgan fingerprint density at radius 1 is 1.00 bits per heavy atom. The van der Waals surface area contributed by atoms with Crippen molar-refractivity contribution in [1.82, 2.24) is 4.90 Å². The molecule has 1 heterocycles. The number of nitrogens with zero attached hydrogens (tertiary/aromatic N) is 2. The molecule has 0 atom stereocenters. The van der Waals surface area contributed by atoms with Crippen LogP contribution in [0, 0.1) is 10.8 Å². The minimum Gasteiger partial charge on any atom is -0.370 e. The molecule has 20 heavy (non-hydrogen) atoms. The summed E-state index contributed by atoms with van der Waals surface area (Å²) in [6.07, 6.45) is 9.11. The number of hydrogen-bond acceptors (Lipinski definition) is 3. The largest absolute Gasteiger partial charge is 0.370 e. The van der Waals surface area contributed by atoms with Gasteiger partial charge in [0.2, 0.25) is 0 Å². The molecule has 114 valence electrons. The highest BCUT2D eigenvalue weighted by Crippen LogP contribution is 2.54. The third-order valence-corrected chi connectivity index (χ3v) is 5.56. The maximum absolute atomic E-state index is 6.32. The van der Waals surface area contributed by atoms with Gasteiger partial charge in [-0.3, -0.25) is 4.99 Å². The highest BCUT2D eigenvalue weighted by molar-refractivity contribution is 5.81. The highest BCUT2D eigenvalue weighted by Gasteiger charge is 2.54. The van der Waals surface area contributed by atoms with Crippen molar-refractivity contribution in [3.05, 3.63) is 0 Å². The van der Waals surface area contributed by atoms with E-state index in [9.17, 15) is 0 Å². The third-order valence-electron chi connectivity index (χ3n) is 5.56. The molecule has 0 radical (unpaired) electrons. The predicted octanol–water partition coefficient (Wildman–Crippen LogP) is 3.53. The lowest BCUT2D eigenvalue weighted by atomic mass is 9.58. The van der Waals surface area contributed by atoms with Crippen LogP contribution in [0.5, 0.6) is 0 Å². The second-order valence-corrected chi connectivity index (χ2v) is 9.07. The van der Waals surface area contributed by atoms with Crippen molar-refractivity contribution < 1.29 is 0 Å². The quantitative estimate of drug-likeness (QED) is 0.796. The third kappa shape index (κ3) is 2.33. The summed E-state index contributed by atoms with van der Waals surface area (Å²) in [7, 11) is 0. The van der Waals surface area contributed by atoms with Crippen molar-refractivity contribution in [1.29, 1.82) is 0 Å². The van der Waals surface area contributed by atoms with Gasteiger partial charge in [-0.2, -0.15) is 0 Å². The van der Waals surface area contributed by atoms with E-state index in [1.807, 2.05) is 0 Å². The maximum Gasteiger partial charge on any atom is 0.192 e. The maximum atomic E-state index is 6.32. The lowest BCUT2D eigenvalue weighted by Gasteiger charge is -2.55. The molecule has 3 rings (SSSR count). The van der Waals surface area contributed by atoms with E-state index in [0.29, 0.717) is 16.9 Å². The molecule has 2 fully saturated rings. The van der Waals surface area contributed by atoms with Crippen LogP contribution in [0.2, 0.25) is 0 Å². The molecule has 0 unspecified atom stereocenters. The molecule has 0 aromatic heterocycles. The van der Waals surface area contributed by atoms with Gasteiger partial charge in [-0.1, -0.05) is 40.5 Å². The molecule has 0 aromatic carbocycles. The molecule has 2 saturated carbocycles. The minimum absolute atomic E-state index is 0.199. The first kappa shape index (κ1) is 14.2. The van der Waals surface area contributed by atoms with Crippen molar-refractivity contribution in [3.8, 4) is 0 Å². The lowest BCUT2D eigenvalue weighted by molar-refractivity contribution is -0.0182.